The molecule has 1 atom stereocenters. The maximum absolute atomic E-state index is 14.1. The number of fused-ring (bicyclic) bond motifs is 1. The lowest BCUT2D eigenvalue weighted by molar-refractivity contribution is 0.0937. The Bertz CT molecular complexity index is 981. The van der Waals surface area contributed by atoms with Crippen LogP contribution in [-0.2, 0) is 6.42 Å². The van der Waals surface area contributed by atoms with Gasteiger partial charge in [-0.05, 0) is 24.5 Å². The number of carbonyl (C=O) groups is 1. The third kappa shape index (κ3) is 3.79. The summed E-state index contributed by atoms with van der Waals surface area (Å²) in [6.07, 6.45) is 5.31. The Balaban J connectivity index is 1.54. The number of aromatic nitrogens is 3. The number of carbonyl (C=O) groups excluding carboxylic acids is 1. The van der Waals surface area contributed by atoms with Crippen LogP contribution < -0.4 is 10.1 Å². The fourth-order valence-corrected chi connectivity index (χ4v) is 3.80. The van der Waals surface area contributed by atoms with Crippen molar-refractivity contribution in [1.29, 1.82) is 0 Å². The summed E-state index contributed by atoms with van der Waals surface area (Å²) in [7, 11) is 0. The summed E-state index contributed by atoms with van der Waals surface area (Å²) in [5, 5.41) is 3.45. The van der Waals surface area contributed by atoms with E-state index >= 15 is 0 Å². The summed E-state index contributed by atoms with van der Waals surface area (Å²) in [5.74, 6) is 0.0778. The van der Waals surface area contributed by atoms with E-state index in [1.54, 1.807) is 17.8 Å². The molecule has 6 nitrogen and oxygen atoms in total. The minimum atomic E-state index is -0.342. The third-order valence-electron chi connectivity index (χ3n) is 4.10. The van der Waals surface area contributed by atoms with Gasteiger partial charge < -0.3 is 10.1 Å². The molecule has 138 valence electrons. The molecule has 3 aromatic rings. The zero-order valence-corrected chi connectivity index (χ0v) is 15.9. The normalized spacial score (nSPS) is 15.3. The van der Waals surface area contributed by atoms with Crippen LogP contribution in [0.1, 0.15) is 15.2 Å². The number of thioether (sulfide) groups is 1. The molecule has 27 heavy (non-hydrogen) atoms. The van der Waals surface area contributed by atoms with Crippen LogP contribution in [0.15, 0.2) is 41.3 Å². The Morgan fingerprint density at radius 3 is 3.15 bits per heavy atom. The second-order valence-electron chi connectivity index (χ2n) is 5.89. The number of nitrogens with one attached hydrogen (secondary N) is 1. The topological polar surface area (TPSA) is 77.0 Å². The number of nitrogens with zero attached hydrogens (tertiary/aromatic N) is 3. The van der Waals surface area contributed by atoms with E-state index in [1.165, 1.54) is 41.4 Å². The van der Waals surface area contributed by atoms with Crippen molar-refractivity contribution in [2.45, 2.75) is 17.7 Å². The molecule has 0 aliphatic carbocycles. The lowest BCUT2D eigenvalue weighted by Gasteiger charge is -2.13. The molecule has 0 radical (unpaired) electrons. The van der Waals surface area contributed by atoms with Gasteiger partial charge in [0.05, 0.1) is 23.9 Å². The highest BCUT2D eigenvalue weighted by atomic mass is 32.2. The summed E-state index contributed by atoms with van der Waals surface area (Å²) in [4.78, 5) is 25.1. The van der Waals surface area contributed by atoms with Crippen LogP contribution in [0.3, 0.4) is 0 Å². The van der Waals surface area contributed by atoms with Gasteiger partial charge in [-0.2, -0.15) is 0 Å². The minimum absolute atomic E-state index is 0.191. The number of rotatable bonds is 5. The highest BCUT2D eigenvalue weighted by Gasteiger charge is 2.28. The van der Waals surface area contributed by atoms with Gasteiger partial charge in [-0.25, -0.2) is 14.4 Å². The van der Waals surface area contributed by atoms with E-state index in [1.807, 2.05) is 6.26 Å². The van der Waals surface area contributed by atoms with Crippen molar-refractivity contribution in [3.05, 3.63) is 52.4 Å². The maximum atomic E-state index is 14.1. The van der Waals surface area contributed by atoms with Crippen LogP contribution in [0.4, 0.5) is 4.39 Å². The average Bonchev–Trinajstić information content (AvgIpc) is 3.35. The molecule has 1 unspecified atom stereocenters. The van der Waals surface area contributed by atoms with Gasteiger partial charge in [0.25, 0.3) is 5.91 Å². The van der Waals surface area contributed by atoms with Crippen LogP contribution in [0.5, 0.6) is 5.75 Å². The molecule has 3 heterocycles. The monoisotopic (exact) mass is 402 g/mol. The van der Waals surface area contributed by atoms with Crippen molar-refractivity contribution < 1.29 is 13.9 Å². The first kappa shape index (κ1) is 17.9. The van der Waals surface area contributed by atoms with Gasteiger partial charge in [0, 0.05) is 23.7 Å². The summed E-state index contributed by atoms with van der Waals surface area (Å²) in [6, 6.07) is 4.63. The Kier molecular flexibility index (Phi) is 5.04. The van der Waals surface area contributed by atoms with E-state index < -0.39 is 0 Å². The van der Waals surface area contributed by atoms with Gasteiger partial charge in [-0.15, -0.1) is 11.3 Å². The van der Waals surface area contributed by atoms with Crippen LogP contribution in [0.2, 0.25) is 0 Å². The molecule has 9 heteroatoms. The third-order valence-corrected chi connectivity index (χ3v) is 5.43. The molecule has 1 aromatic carbocycles. The molecular weight excluding hydrogens is 387 g/mol. The van der Waals surface area contributed by atoms with E-state index in [-0.39, 0.29) is 17.8 Å². The van der Waals surface area contributed by atoms with E-state index in [9.17, 15) is 9.18 Å². The van der Waals surface area contributed by atoms with Gasteiger partial charge in [0.15, 0.2) is 5.16 Å². The molecule has 0 saturated carbocycles. The van der Waals surface area contributed by atoms with Crippen molar-refractivity contribution in [2.24, 2.45) is 0 Å². The standard InChI is InChI=1S/C18H15FN4O2S2/c1-26-18-21-3-2-14(23-18)13-6-11(19)4-10-5-12(25-16(10)13)7-22-17(24)15-8-20-9-27-15/h2-4,6,8-9,12H,5,7H2,1H3,(H,22,24). The maximum Gasteiger partial charge on any atom is 0.263 e. The largest absolute Gasteiger partial charge is 0.487 e. The SMILES string of the molecule is CSc1nccc(-c2cc(F)cc3c2OC(CNC(=O)c2cncs2)C3)n1. The molecule has 1 N–H and O–H groups in total. The second-order valence-corrected chi connectivity index (χ2v) is 7.55. The number of halogens is 1. The summed E-state index contributed by atoms with van der Waals surface area (Å²) >= 11 is 2.69. The predicted molar refractivity (Wildman–Crippen MR) is 102 cm³/mol. The van der Waals surface area contributed by atoms with Crippen molar-refractivity contribution in [2.75, 3.05) is 12.8 Å². The Hall–Kier alpha value is -2.52. The number of benzene rings is 1. The number of amides is 1. The highest BCUT2D eigenvalue weighted by Crippen LogP contribution is 2.39. The highest BCUT2D eigenvalue weighted by molar-refractivity contribution is 7.98. The predicted octanol–water partition coefficient (Wildman–Crippen LogP) is 3.19. The molecule has 0 fully saturated rings. The number of ether oxygens (including phenoxy) is 1. The summed E-state index contributed by atoms with van der Waals surface area (Å²) in [5.41, 5.74) is 3.58. The fraction of sp³-hybridized carbons (Fsp3) is 0.222. The van der Waals surface area contributed by atoms with E-state index in [0.29, 0.717) is 40.0 Å². The molecule has 4 rings (SSSR count). The van der Waals surface area contributed by atoms with Gasteiger partial charge in [0.2, 0.25) is 0 Å². The first-order chi connectivity index (χ1) is 13.1. The first-order valence-corrected chi connectivity index (χ1v) is 10.3. The lowest BCUT2D eigenvalue weighted by atomic mass is 10.0. The summed E-state index contributed by atoms with van der Waals surface area (Å²) < 4.78 is 20.2. The van der Waals surface area contributed by atoms with E-state index in [4.69, 9.17) is 4.74 Å². The molecule has 0 saturated heterocycles. The fourth-order valence-electron chi connectivity index (χ4n) is 2.91. The first-order valence-electron chi connectivity index (χ1n) is 8.17. The molecule has 0 bridgehead atoms. The van der Waals surface area contributed by atoms with E-state index in [0.717, 1.165) is 5.56 Å². The van der Waals surface area contributed by atoms with Crippen LogP contribution in [0, 0.1) is 5.82 Å². The zero-order valence-electron chi connectivity index (χ0n) is 14.3. The smallest absolute Gasteiger partial charge is 0.263 e. The number of thiazole rings is 1. The molecule has 0 spiro atoms. The molecule has 2 aromatic heterocycles. The Morgan fingerprint density at radius 1 is 1.48 bits per heavy atom. The van der Waals surface area contributed by atoms with Crippen molar-refractivity contribution in [1.82, 2.24) is 20.3 Å². The quantitative estimate of drug-likeness (QED) is 0.522. The molecule has 1 aliphatic heterocycles. The van der Waals surface area contributed by atoms with Crippen molar-refractivity contribution in [3.63, 3.8) is 0 Å². The van der Waals surface area contributed by atoms with Gasteiger partial charge in [-0.1, -0.05) is 11.8 Å². The number of hydrogen-bond acceptors (Lipinski definition) is 7. The van der Waals surface area contributed by atoms with Gasteiger partial charge >= 0.3 is 0 Å². The molecule has 1 amide bonds. The Labute approximate surface area is 163 Å². The zero-order chi connectivity index (χ0) is 18.8. The van der Waals surface area contributed by atoms with Crippen molar-refractivity contribution in [3.8, 4) is 17.0 Å². The van der Waals surface area contributed by atoms with Crippen LogP contribution in [0.25, 0.3) is 11.3 Å². The minimum Gasteiger partial charge on any atom is -0.487 e. The number of hydrogen-bond donors (Lipinski definition) is 1. The van der Waals surface area contributed by atoms with Crippen LogP contribution in [-0.4, -0.2) is 39.8 Å². The second kappa shape index (κ2) is 7.61. The summed E-state index contributed by atoms with van der Waals surface area (Å²) in [6.45, 7) is 0.326. The average molecular weight is 402 g/mol. The van der Waals surface area contributed by atoms with Gasteiger partial charge in [-0.3, -0.25) is 9.78 Å². The molecule has 1 aliphatic rings. The van der Waals surface area contributed by atoms with E-state index in [2.05, 4.69) is 20.3 Å². The van der Waals surface area contributed by atoms with Crippen LogP contribution >= 0.6 is 23.1 Å². The molecular formula is C18H15FN4O2S2. The lowest BCUT2D eigenvalue weighted by Crippen LogP contribution is -2.34. The Morgan fingerprint density at radius 2 is 2.37 bits per heavy atom. The van der Waals surface area contributed by atoms with Crippen molar-refractivity contribution >= 4 is 29.0 Å². The van der Waals surface area contributed by atoms with Gasteiger partial charge in [0.1, 0.15) is 22.5 Å².